The van der Waals surface area contributed by atoms with E-state index in [1.807, 2.05) is 0 Å². The Morgan fingerprint density at radius 2 is 2.12 bits per heavy atom. The Morgan fingerprint density at radius 1 is 1.29 bits per heavy atom. The number of hydrogen-bond donors (Lipinski definition) is 1. The van der Waals surface area contributed by atoms with Crippen molar-refractivity contribution in [3.8, 4) is 11.3 Å². The molecule has 1 N–H and O–H groups in total. The van der Waals surface area contributed by atoms with Crippen molar-refractivity contribution in [1.82, 2.24) is 5.16 Å². The van der Waals surface area contributed by atoms with Crippen molar-refractivity contribution in [3.05, 3.63) is 35.6 Å². The number of rotatable bonds is 2. The molecule has 3 heteroatoms. The highest BCUT2D eigenvalue weighted by atomic mass is 16.5. The van der Waals surface area contributed by atoms with E-state index in [-0.39, 0.29) is 0 Å². The van der Waals surface area contributed by atoms with Gasteiger partial charge in [0, 0.05) is 18.5 Å². The van der Waals surface area contributed by atoms with Crippen LogP contribution in [0.2, 0.25) is 0 Å². The van der Waals surface area contributed by atoms with Crippen LogP contribution in [-0.4, -0.2) is 11.7 Å². The van der Waals surface area contributed by atoms with Crippen molar-refractivity contribution in [2.45, 2.75) is 26.2 Å². The first kappa shape index (κ1) is 10.4. The van der Waals surface area contributed by atoms with Gasteiger partial charge in [-0.15, -0.1) is 0 Å². The number of hydrogen-bond acceptors (Lipinski definition) is 3. The zero-order chi connectivity index (χ0) is 11.7. The fraction of sp³-hybridized carbons (Fsp3) is 0.357. The van der Waals surface area contributed by atoms with Gasteiger partial charge >= 0.3 is 0 Å². The van der Waals surface area contributed by atoms with Gasteiger partial charge in [-0.2, -0.15) is 0 Å². The minimum absolute atomic E-state index is 0.947. The lowest BCUT2D eigenvalue weighted by molar-refractivity contribution is 0.382. The van der Waals surface area contributed by atoms with Gasteiger partial charge < -0.3 is 9.84 Å². The minimum atomic E-state index is 0.947. The number of aromatic nitrogens is 1. The number of fused-ring (bicyclic) bond motifs is 1. The normalized spacial score (nSPS) is 14.2. The molecule has 0 unspecified atom stereocenters. The van der Waals surface area contributed by atoms with Crippen molar-refractivity contribution in [1.29, 1.82) is 0 Å². The summed E-state index contributed by atoms with van der Waals surface area (Å²) in [4.78, 5) is 0. The van der Waals surface area contributed by atoms with Gasteiger partial charge in [-0.05, 0) is 18.4 Å². The highest BCUT2D eigenvalue weighted by Crippen LogP contribution is 2.33. The van der Waals surface area contributed by atoms with Crippen molar-refractivity contribution < 1.29 is 4.52 Å². The summed E-state index contributed by atoms with van der Waals surface area (Å²) in [5, 5.41) is 7.57. The van der Waals surface area contributed by atoms with Crippen molar-refractivity contribution in [3.63, 3.8) is 0 Å². The quantitative estimate of drug-likeness (QED) is 0.857. The molecule has 88 valence electrons. The molecule has 0 saturated heterocycles. The largest absolute Gasteiger partial charge is 0.380 e. The molecule has 0 fully saturated rings. The molecule has 1 aliphatic heterocycles. The second kappa shape index (κ2) is 4.24. The van der Waals surface area contributed by atoms with Crippen LogP contribution in [0.5, 0.6) is 0 Å². The number of nitrogens with zero attached hydrogens (tertiary/aromatic N) is 1. The summed E-state index contributed by atoms with van der Waals surface area (Å²) in [7, 11) is 0. The number of aryl methyl sites for hydroxylation is 2. The summed E-state index contributed by atoms with van der Waals surface area (Å²) in [6, 6.07) is 8.54. The van der Waals surface area contributed by atoms with E-state index in [1.54, 1.807) is 0 Å². The van der Waals surface area contributed by atoms with E-state index in [4.69, 9.17) is 4.52 Å². The molecule has 0 bridgehead atoms. The summed E-state index contributed by atoms with van der Waals surface area (Å²) in [6.45, 7) is 3.17. The molecule has 1 aliphatic rings. The average molecular weight is 228 g/mol. The zero-order valence-electron chi connectivity index (χ0n) is 9.99. The maximum Gasteiger partial charge on any atom is 0.160 e. The monoisotopic (exact) mass is 228 g/mol. The topological polar surface area (TPSA) is 38.1 Å². The highest BCUT2D eigenvalue weighted by molar-refractivity contribution is 5.76. The Bertz CT molecular complexity index is 514. The van der Waals surface area contributed by atoms with Gasteiger partial charge in [-0.25, -0.2) is 0 Å². The molecule has 17 heavy (non-hydrogen) atoms. The minimum Gasteiger partial charge on any atom is -0.380 e. The Kier molecular flexibility index (Phi) is 2.59. The third kappa shape index (κ3) is 1.82. The third-order valence-corrected chi connectivity index (χ3v) is 3.28. The molecule has 1 aromatic heterocycles. The second-order valence-electron chi connectivity index (χ2n) is 4.41. The van der Waals surface area contributed by atoms with Crippen molar-refractivity contribution in [2.24, 2.45) is 0 Å². The Hall–Kier alpha value is -1.77. The van der Waals surface area contributed by atoms with Gasteiger partial charge in [0.1, 0.15) is 11.4 Å². The predicted molar refractivity (Wildman–Crippen MR) is 68.1 cm³/mol. The lowest BCUT2D eigenvalue weighted by Gasteiger charge is -2.12. The van der Waals surface area contributed by atoms with Crippen LogP contribution < -0.4 is 5.32 Å². The number of anilines is 1. The molecule has 0 amide bonds. The lowest BCUT2D eigenvalue weighted by atomic mass is 10.0. The Labute approximate surface area is 101 Å². The van der Waals surface area contributed by atoms with E-state index in [9.17, 15) is 0 Å². The fourth-order valence-electron chi connectivity index (χ4n) is 2.23. The van der Waals surface area contributed by atoms with Gasteiger partial charge in [0.25, 0.3) is 0 Å². The summed E-state index contributed by atoms with van der Waals surface area (Å²) < 4.78 is 5.39. The summed E-state index contributed by atoms with van der Waals surface area (Å²) in [5.74, 6) is 0.991. The Balaban J connectivity index is 2.00. The molecular weight excluding hydrogens is 212 g/mol. The highest BCUT2D eigenvalue weighted by Gasteiger charge is 2.19. The molecule has 0 spiro atoms. The molecule has 0 radical (unpaired) electrons. The van der Waals surface area contributed by atoms with Crippen molar-refractivity contribution >= 4 is 5.69 Å². The van der Waals surface area contributed by atoms with E-state index in [0.29, 0.717) is 0 Å². The smallest absolute Gasteiger partial charge is 0.160 e. The molecule has 0 aliphatic carbocycles. The van der Waals surface area contributed by atoms with Crippen LogP contribution in [0.15, 0.2) is 28.8 Å². The lowest BCUT2D eigenvalue weighted by Crippen LogP contribution is -2.10. The first-order valence-corrected chi connectivity index (χ1v) is 6.20. The second-order valence-corrected chi connectivity index (χ2v) is 4.41. The van der Waals surface area contributed by atoms with Gasteiger partial charge in [-0.1, -0.05) is 36.3 Å². The molecule has 2 aromatic rings. The van der Waals surface area contributed by atoms with Crippen LogP contribution in [0.1, 0.15) is 24.7 Å². The van der Waals surface area contributed by atoms with Gasteiger partial charge in [0.15, 0.2) is 5.76 Å². The molecule has 3 rings (SSSR count). The third-order valence-electron chi connectivity index (χ3n) is 3.28. The average Bonchev–Trinajstić information content (AvgIpc) is 2.83. The summed E-state index contributed by atoms with van der Waals surface area (Å²) >= 11 is 0. The van der Waals surface area contributed by atoms with Crippen LogP contribution >= 0.6 is 0 Å². The first-order valence-electron chi connectivity index (χ1n) is 6.20. The molecule has 2 heterocycles. The van der Waals surface area contributed by atoms with E-state index in [2.05, 4.69) is 41.7 Å². The van der Waals surface area contributed by atoms with Gasteiger partial charge in [0.05, 0.1) is 0 Å². The maximum atomic E-state index is 5.39. The van der Waals surface area contributed by atoms with Gasteiger partial charge in [0.2, 0.25) is 0 Å². The molecule has 1 aromatic carbocycles. The zero-order valence-corrected chi connectivity index (χ0v) is 9.99. The molecule has 3 nitrogen and oxygen atoms in total. The summed E-state index contributed by atoms with van der Waals surface area (Å²) in [5.41, 5.74) is 4.50. The Morgan fingerprint density at radius 3 is 2.88 bits per heavy atom. The SMILES string of the molecule is CCc1ccc(-c2noc3c2NCCC3)cc1. The molecule has 0 atom stereocenters. The number of benzene rings is 1. The van der Waals surface area contributed by atoms with Crippen LogP contribution in [0, 0.1) is 0 Å². The van der Waals surface area contributed by atoms with Crippen molar-refractivity contribution in [2.75, 3.05) is 11.9 Å². The van der Waals surface area contributed by atoms with E-state index in [1.165, 1.54) is 5.56 Å². The van der Waals surface area contributed by atoms with E-state index >= 15 is 0 Å². The van der Waals surface area contributed by atoms with Gasteiger partial charge in [-0.3, -0.25) is 0 Å². The predicted octanol–water partition coefficient (Wildman–Crippen LogP) is 3.26. The van der Waals surface area contributed by atoms with E-state index < -0.39 is 0 Å². The van der Waals surface area contributed by atoms with Crippen LogP contribution in [0.25, 0.3) is 11.3 Å². The van der Waals surface area contributed by atoms with Crippen LogP contribution in [0.3, 0.4) is 0 Å². The van der Waals surface area contributed by atoms with E-state index in [0.717, 1.165) is 48.5 Å². The fourth-order valence-corrected chi connectivity index (χ4v) is 2.23. The molecular formula is C14H16N2O. The maximum absolute atomic E-state index is 5.39. The summed E-state index contributed by atoms with van der Waals surface area (Å²) in [6.07, 6.45) is 3.17. The number of nitrogens with one attached hydrogen (secondary N) is 1. The first-order chi connectivity index (χ1) is 8.38. The molecule has 0 saturated carbocycles. The van der Waals surface area contributed by atoms with Crippen LogP contribution in [-0.2, 0) is 12.8 Å². The van der Waals surface area contributed by atoms with Crippen LogP contribution in [0.4, 0.5) is 5.69 Å². The standard InChI is InChI=1S/C14H16N2O/c1-2-10-5-7-11(8-6-10)13-14-12(17-16-13)4-3-9-15-14/h5-8,15H,2-4,9H2,1H3.